The van der Waals surface area contributed by atoms with Crippen LogP contribution in [0.1, 0.15) is 19.0 Å². The normalized spacial score (nSPS) is 12.2. The van der Waals surface area contributed by atoms with E-state index in [0.29, 0.717) is 0 Å². The van der Waals surface area contributed by atoms with Gasteiger partial charge in [-0.2, -0.15) is 0 Å². The van der Waals surface area contributed by atoms with E-state index in [1.54, 1.807) is 0 Å². The summed E-state index contributed by atoms with van der Waals surface area (Å²) in [4.78, 5) is 0. The van der Waals surface area contributed by atoms with Crippen molar-refractivity contribution in [3.05, 3.63) is 72.6 Å². The number of hydrogen-bond donors (Lipinski definition) is 0. The lowest BCUT2D eigenvalue weighted by Crippen LogP contribution is -1.94. The molecule has 4 aromatic carbocycles. The number of benzene rings is 4. The molecule has 2 heterocycles. The predicted octanol–water partition coefficient (Wildman–Crippen LogP) is 7.08. The summed E-state index contributed by atoms with van der Waals surface area (Å²) in [6, 6.07) is 23.1. The summed E-state index contributed by atoms with van der Waals surface area (Å²) in [5.74, 6) is 0. The Hall–Kier alpha value is -3.26. The highest BCUT2D eigenvalue weighted by atomic mass is 14.9. The largest absolute Gasteiger partial charge is 0.351 e. The van der Waals surface area contributed by atoms with E-state index in [-0.39, 0.29) is 0 Å². The Morgan fingerprint density at radius 1 is 0.621 bits per heavy atom. The lowest BCUT2D eigenvalue weighted by molar-refractivity contribution is 0.805. The minimum Gasteiger partial charge on any atom is -0.351 e. The van der Waals surface area contributed by atoms with Gasteiger partial charge in [0.15, 0.2) is 0 Å². The Morgan fingerprint density at radius 3 is 1.97 bits per heavy atom. The van der Waals surface area contributed by atoms with Crippen LogP contribution in [-0.4, -0.2) is 9.13 Å². The van der Waals surface area contributed by atoms with Crippen LogP contribution in [0.2, 0.25) is 0 Å². The van der Waals surface area contributed by atoms with E-state index in [1.165, 1.54) is 66.2 Å². The van der Waals surface area contributed by atoms with Gasteiger partial charge in [-0.1, -0.05) is 37.6 Å². The second kappa shape index (κ2) is 5.87. The highest BCUT2D eigenvalue weighted by Crippen LogP contribution is 2.35. The molecule has 0 amide bonds. The maximum atomic E-state index is 2.39. The van der Waals surface area contributed by atoms with Gasteiger partial charge in [0.25, 0.3) is 0 Å². The first-order valence-electron chi connectivity index (χ1n) is 10.5. The molecule has 6 rings (SSSR count). The summed E-state index contributed by atoms with van der Waals surface area (Å²) in [6.45, 7) is 2.25. The van der Waals surface area contributed by atoms with E-state index in [1.807, 2.05) is 0 Å². The molecule has 0 aliphatic heterocycles. The summed E-state index contributed by atoms with van der Waals surface area (Å²) in [7, 11) is 4.31. The lowest BCUT2D eigenvalue weighted by atomic mass is 9.95. The SMILES string of the molecule is CCCc1cc2cc3c(ccc4c5cc6ccn(C)c6cc5ccc34)cc2n1C. The smallest absolute Gasteiger partial charge is 0.0486 e. The Kier molecular flexibility index (Phi) is 3.37. The van der Waals surface area contributed by atoms with Crippen LogP contribution in [0.25, 0.3) is 54.1 Å². The molecular weight excluding hydrogens is 352 g/mol. The van der Waals surface area contributed by atoms with Gasteiger partial charge in [0.1, 0.15) is 0 Å². The Morgan fingerprint density at radius 2 is 1.28 bits per heavy atom. The molecule has 29 heavy (non-hydrogen) atoms. The molecule has 0 saturated carbocycles. The van der Waals surface area contributed by atoms with E-state index >= 15 is 0 Å². The molecule has 0 saturated heterocycles. The van der Waals surface area contributed by atoms with Crippen molar-refractivity contribution in [3.63, 3.8) is 0 Å². The fraction of sp³-hybridized carbons (Fsp3) is 0.185. The summed E-state index contributed by atoms with van der Waals surface area (Å²) < 4.78 is 4.55. The second-order valence-corrected chi connectivity index (χ2v) is 8.36. The molecule has 0 unspecified atom stereocenters. The highest BCUT2D eigenvalue weighted by molar-refractivity contribution is 6.20. The fourth-order valence-corrected chi connectivity index (χ4v) is 5.02. The van der Waals surface area contributed by atoms with Crippen molar-refractivity contribution < 1.29 is 0 Å². The van der Waals surface area contributed by atoms with Crippen LogP contribution in [0.4, 0.5) is 0 Å². The van der Waals surface area contributed by atoms with E-state index in [0.717, 1.165) is 6.42 Å². The summed E-state index contributed by atoms with van der Waals surface area (Å²) in [5, 5.41) is 10.6. The number of hydrogen-bond acceptors (Lipinski definition) is 0. The number of nitrogens with zero attached hydrogens (tertiary/aromatic N) is 2. The third-order valence-corrected chi connectivity index (χ3v) is 6.61. The molecule has 6 aromatic rings. The third kappa shape index (κ3) is 2.29. The van der Waals surface area contributed by atoms with Crippen LogP contribution in [0.15, 0.2) is 66.9 Å². The minimum atomic E-state index is 1.12. The molecule has 2 nitrogen and oxygen atoms in total. The standard InChI is InChI=1S/C27H24N2/c1-4-5-21-12-20-14-25-18(16-27(20)29(21)3)7-9-22-23(25)8-6-17-15-26-19(13-24(17)22)10-11-28(26)2/h6-16H,4-5H2,1-3H3. The van der Waals surface area contributed by atoms with Gasteiger partial charge in [0.05, 0.1) is 0 Å². The molecule has 0 fully saturated rings. The average molecular weight is 377 g/mol. The highest BCUT2D eigenvalue weighted by Gasteiger charge is 2.11. The number of aryl methyl sites for hydroxylation is 3. The number of aromatic nitrogens is 2. The van der Waals surface area contributed by atoms with Crippen LogP contribution in [-0.2, 0) is 20.5 Å². The zero-order chi connectivity index (χ0) is 19.7. The Balaban J connectivity index is 1.70. The van der Waals surface area contributed by atoms with E-state index < -0.39 is 0 Å². The lowest BCUT2D eigenvalue weighted by Gasteiger charge is -2.10. The first kappa shape index (κ1) is 16.7. The molecule has 0 aliphatic rings. The van der Waals surface area contributed by atoms with Gasteiger partial charge in [-0.25, -0.2) is 0 Å². The van der Waals surface area contributed by atoms with Gasteiger partial charge < -0.3 is 9.13 Å². The van der Waals surface area contributed by atoms with Crippen molar-refractivity contribution in [3.8, 4) is 0 Å². The second-order valence-electron chi connectivity index (χ2n) is 8.36. The van der Waals surface area contributed by atoms with Crippen LogP contribution in [0.3, 0.4) is 0 Å². The molecule has 0 atom stereocenters. The minimum absolute atomic E-state index is 1.12. The monoisotopic (exact) mass is 376 g/mol. The molecule has 0 bridgehead atoms. The maximum Gasteiger partial charge on any atom is 0.0486 e. The van der Waals surface area contributed by atoms with E-state index in [4.69, 9.17) is 0 Å². The average Bonchev–Trinajstić information content (AvgIpc) is 3.24. The zero-order valence-electron chi connectivity index (χ0n) is 17.2. The van der Waals surface area contributed by atoms with E-state index in [9.17, 15) is 0 Å². The predicted molar refractivity (Wildman–Crippen MR) is 126 cm³/mol. The van der Waals surface area contributed by atoms with Gasteiger partial charge in [0.2, 0.25) is 0 Å². The molecular formula is C27H24N2. The molecule has 0 aliphatic carbocycles. The van der Waals surface area contributed by atoms with Crippen molar-refractivity contribution in [2.45, 2.75) is 19.8 Å². The van der Waals surface area contributed by atoms with Crippen molar-refractivity contribution in [1.82, 2.24) is 9.13 Å². The topological polar surface area (TPSA) is 9.86 Å². The van der Waals surface area contributed by atoms with Gasteiger partial charge in [-0.05, 0) is 75.1 Å². The first-order valence-corrected chi connectivity index (χ1v) is 10.5. The van der Waals surface area contributed by atoms with Gasteiger partial charge in [-0.15, -0.1) is 0 Å². The number of rotatable bonds is 2. The van der Waals surface area contributed by atoms with Crippen molar-refractivity contribution in [1.29, 1.82) is 0 Å². The van der Waals surface area contributed by atoms with Crippen LogP contribution in [0, 0.1) is 0 Å². The van der Waals surface area contributed by atoms with Gasteiger partial charge in [-0.3, -0.25) is 0 Å². The summed E-state index contributed by atoms with van der Waals surface area (Å²) >= 11 is 0. The van der Waals surface area contributed by atoms with Crippen LogP contribution >= 0.6 is 0 Å². The Bertz CT molecular complexity index is 1580. The molecule has 0 spiro atoms. The maximum absolute atomic E-state index is 2.39. The molecule has 0 radical (unpaired) electrons. The molecule has 2 heteroatoms. The quantitative estimate of drug-likeness (QED) is 0.286. The molecule has 0 N–H and O–H groups in total. The summed E-state index contributed by atoms with van der Waals surface area (Å²) in [5.41, 5.74) is 4.03. The van der Waals surface area contributed by atoms with Crippen LogP contribution in [0.5, 0.6) is 0 Å². The number of fused-ring (bicyclic) bond motifs is 7. The van der Waals surface area contributed by atoms with Crippen molar-refractivity contribution >= 4 is 54.1 Å². The fourth-order valence-electron chi connectivity index (χ4n) is 5.02. The van der Waals surface area contributed by atoms with E-state index in [2.05, 4.69) is 97.0 Å². The zero-order valence-corrected chi connectivity index (χ0v) is 17.2. The van der Waals surface area contributed by atoms with Gasteiger partial charge >= 0.3 is 0 Å². The van der Waals surface area contributed by atoms with Crippen molar-refractivity contribution in [2.24, 2.45) is 14.1 Å². The third-order valence-electron chi connectivity index (χ3n) is 6.61. The molecule has 2 aromatic heterocycles. The van der Waals surface area contributed by atoms with Crippen LogP contribution < -0.4 is 0 Å². The van der Waals surface area contributed by atoms with Crippen molar-refractivity contribution in [2.75, 3.05) is 0 Å². The van der Waals surface area contributed by atoms with Gasteiger partial charge in [0, 0.05) is 47.8 Å². The molecule has 142 valence electrons. The Labute approximate surface area is 170 Å². The summed E-state index contributed by atoms with van der Waals surface area (Å²) in [6.07, 6.45) is 4.44. The first-order chi connectivity index (χ1) is 14.1.